The standard InChI is InChI=1S/C14H18F2N2O/c1-9(2)14(19)13-5-6-17-18(13)8-10-3-4-11(15)7-12(10)16/h3-4,7,9,13,17H,5-6,8H2,1-2H3. The molecule has 1 aliphatic heterocycles. The number of hydrogen-bond acceptors (Lipinski definition) is 3. The number of benzene rings is 1. The molecule has 1 saturated heterocycles. The number of ketones is 1. The minimum Gasteiger partial charge on any atom is -0.298 e. The van der Waals surface area contributed by atoms with Crippen molar-refractivity contribution >= 4 is 5.78 Å². The molecule has 1 heterocycles. The Hall–Kier alpha value is -1.33. The normalized spacial score (nSPS) is 20.2. The van der Waals surface area contributed by atoms with E-state index in [1.807, 2.05) is 13.8 Å². The largest absolute Gasteiger partial charge is 0.298 e. The molecule has 5 heteroatoms. The summed E-state index contributed by atoms with van der Waals surface area (Å²) in [6.45, 7) is 4.68. The molecule has 1 fully saturated rings. The molecule has 2 rings (SSSR count). The van der Waals surface area contributed by atoms with Crippen molar-refractivity contribution in [3.8, 4) is 0 Å². The Morgan fingerprint density at radius 2 is 2.21 bits per heavy atom. The molecule has 0 amide bonds. The summed E-state index contributed by atoms with van der Waals surface area (Å²) in [5.74, 6) is -1.08. The van der Waals surface area contributed by atoms with Gasteiger partial charge in [-0.25, -0.2) is 13.8 Å². The lowest BCUT2D eigenvalue weighted by Crippen LogP contribution is -2.42. The Labute approximate surface area is 111 Å². The molecule has 1 aliphatic rings. The van der Waals surface area contributed by atoms with E-state index in [0.29, 0.717) is 12.1 Å². The Morgan fingerprint density at radius 1 is 1.47 bits per heavy atom. The molecule has 1 unspecified atom stereocenters. The van der Waals surface area contributed by atoms with Crippen LogP contribution in [0.3, 0.4) is 0 Å². The van der Waals surface area contributed by atoms with Gasteiger partial charge in [-0.05, 0) is 12.5 Å². The summed E-state index contributed by atoms with van der Waals surface area (Å²) in [4.78, 5) is 12.0. The van der Waals surface area contributed by atoms with Gasteiger partial charge >= 0.3 is 0 Å². The second-order valence-electron chi connectivity index (χ2n) is 5.13. The molecule has 0 spiro atoms. The van der Waals surface area contributed by atoms with Crippen LogP contribution in [0.25, 0.3) is 0 Å². The van der Waals surface area contributed by atoms with E-state index in [1.54, 1.807) is 5.01 Å². The summed E-state index contributed by atoms with van der Waals surface area (Å²) in [5, 5.41) is 1.75. The quantitative estimate of drug-likeness (QED) is 0.909. The molecular weight excluding hydrogens is 250 g/mol. The first-order valence-corrected chi connectivity index (χ1v) is 6.47. The van der Waals surface area contributed by atoms with Crippen LogP contribution in [-0.2, 0) is 11.3 Å². The van der Waals surface area contributed by atoms with Crippen LogP contribution < -0.4 is 5.43 Å². The van der Waals surface area contributed by atoms with Crippen molar-refractivity contribution in [2.24, 2.45) is 5.92 Å². The lowest BCUT2D eigenvalue weighted by Gasteiger charge is -2.24. The van der Waals surface area contributed by atoms with Crippen LogP contribution in [0, 0.1) is 17.6 Å². The second-order valence-corrected chi connectivity index (χ2v) is 5.13. The van der Waals surface area contributed by atoms with Gasteiger partial charge in [0.15, 0.2) is 5.78 Å². The summed E-state index contributed by atoms with van der Waals surface area (Å²) < 4.78 is 26.5. The van der Waals surface area contributed by atoms with Gasteiger partial charge in [-0.15, -0.1) is 0 Å². The molecule has 1 N–H and O–H groups in total. The van der Waals surface area contributed by atoms with E-state index in [0.717, 1.165) is 12.5 Å². The summed E-state index contributed by atoms with van der Waals surface area (Å²) in [6.07, 6.45) is 0.722. The van der Waals surface area contributed by atoms with Gasteiger partial charge in [0.25, 0.3) is 0 Å². The number of halogens is 2. The first-order valence-electron chi connectivity index (χ1n) is 6.47. The highest BCUT2D eigenvalue weighted by molar-refractivity contribution is 5.85. The number of nitrogens with zero attached hydrogens (tertiary/aromatic N) is 1. The van der Waals surface area contributed by atoms with Gasteiger partial charge in [0.2, 0.25) is 0 Å². The maximum atomic E-state index is 13.6. The predicted octanol–water partition coefficient (Wildman–Crippen LogP) is 2.27. The van der Waals surface area contributed by atoms with Crippen molar-refractivity contribution in [3.63, 3.8) is 0 Å². The molecule has 0 saturated carbocycles. The maximum absolute atomic E-state index is 13.6. The molecule has 3 nitrogen and oxygen atoms in total. The number of rotatable bonds is 4. The van der Waals surface area contributed by atoms with Crippen LogP contribution >= 0.6 is 0 Å². The minimum absolute atomic E-state index is 0.0505. The fourth-order valence-corrected chi connectivity index (χ4v) is 2.29. The zero-order chi connectivity index (χ0) is 14.0. The monoisotopic (exact) mass is 268 g/mol. The molecule has 1 aromatic rings. The number of carbonyl (C=O) groups excluding carboxylic acids is 1. The smallest absolute Gasteiger partial charge is 0.153 e. The van der Waals surface area contributed by atoms with Crippen LogP contribution in [0.15, 0.2) is 18.2 Å². The van der Waals surface area contributed by atoms with Crippen LogP contribution in [-0.4, -0.2) is 23.4 Å². The molecule has 104 valence electrons. The zero-order valence-electron chi connectivity index (χ0n) is 11.1. The fourth-order valence-electron chi connectivity index (χ4n) is 2.29. The zero-order valence-corrected chi connectivity index (χ0v) is 11.1. The third-order valence-corrected chi connectivity index (χ3v) is 3.36. The van der Waals surface area contributed by atoms with Crippen LogP contribution in [0.4, 0.5) is 8.78 Å². The predicted molar refractivity (Wildman–Crippen MR) is 68.2 cm³/mol. The highest BCUT2D eigenvalue weighted by Crippen LogP contribution is 2.19. The van der Waals surface area contributed by atoms with Crippen molar-refractivity contribution in [3.05, 3.63) is 35.4 Å². The van der Waals surface area contributed by atoms with Gasteiger partial charge in [-0.2, -0.15) is 0 Å². The van der Waals surface area contributed by atoms with E-state index in [4.69, 9.17) is 0 Å². The lowest BCUT2D eigenvalue weighted by atomic mass is 9.99. The van der Waals surface area contributed by atoms with Gasteiger partial charge in [0, 0.05) is 30.6 Å². The van der Waals surface area contributed by atoms with Crippen molar-refractivity contribution in [1.29, 1.82) is 0 Å². The Bertz CT molecular complexity index is 477. The molecule has 1 atom stereocenters. The van der Waals surface area contributed by atoms with E-state index in [1.165, 1.54) is 12.1 Å². The maximum Gasteiger partial charge on any atom is 0.153 e. The first-order chi connectivity index (χ1) is 8.99. The number of carbonyl (C=O) groups is 1. The van der Waals surface area contributed by atoms with E-state index in [9.17, 15) is 13.6 Å². The Balaban J connectivity index is 2.11. The molecule has 19 heavy (non-hydrogen) atoms. The van der Waals surface area contributed by atoms with E-state index >= 15 is 0 Å². The minimum atomic E-state index is -0.592. The average Bonchev–Trinajstić information content (AvgIpc) is 2.79. The van der Waals surface area contributed by atoms with Gasteiger partial charge < -0.3 is 0 Å². The fraction of sp³-hybridized carbons (Fsp3) is 0.500. The number of Topliss-reactive ketones (excluding diaryl/α,β-unsaturated/α-hetero) is 1. The first kappa shape index (κ1) is 14.1. The summed E-state index contributed by atoms with van der Waals surface area (Å²) >= 11 is 0. The second kappa shape index (κ2) is 5.75. The third kappa shape index (κ3) is 3.16. The van der Waals surface area contributed by atoms with Crippen molar-refractivity contribution < 1.29 is 13.6 Å². The molecule has 0 aromatic heterocycles. The van der Waals surface area contributed by atoms with Crippen LogP contribution in [0.2, 0.25) is 0 Å². The van der Waals surface area contributed by atoms with Crippen LogP contribution in [0.5, 0.6) is 0 Å². The highest BCUT2D eigenvalue weighted by atomic mass is 19.1. The van der Waals surface area contributed by atoms with Crippen molar-refractivity contribution in [2.45, 2.75) is 32.9 Å². The third-order valence-electron chi connectivity index (χ3n) is 3.36. The van der Waals surface area contributed by atoms with E-state index in [2.05, 4.69) is 5.43 Å². The number of hydrazine groups is 1. The molecule has 0 bridgehead atoms. The van der Waals surface area contributed by atoms with Gasteiger partial charge in [-0.3, -0.25) is 10.2 Å². The van der Waals surface area contributed by atoms with E-state index in [-0.39, 0.29) is 24.3 Å². The summed E-state index contributed by atoms with van der Waals surface area (Å²) in [5.41, 5.74) is 3.47. The topological polar surface area (TPSA) is 32.3 Å². The summed E-state index contributed by atoms with van der Waals surface area (Å²) in [6, 6.07) is 3.28. The molecular formula is C14H18F2N2O. The van der Waals surface area contributed by atoms with Gasteiger partial charge in [0.05, 0.1) is 6.04 Å². The molecule has 0 radical (unpaired) electrons. The molecule has 1 aromatic carbocycles. The average molecular weight is 268 g/mol. The number of hydrogen-bond donors (Lipinski definition) is 1. The van der Waals surface area contributed by atoms with Gasteiger partial charge in [-0.1, -0.05) is 19.9 Å². The van der Waals surface area contributed by atoms with Gasteiger partial charge in [0.1, 0.15) is 11.6 Å². The van der Waals surface area contributed by atoms with Crippen LogP contribution in [0.1, 0.15) is 25.8 Å². The van der Waals surface area contributed by atoms with Crippen molar-refractivity contribution in [1.82, 2.24) is 10.4 Å². The Morgan fingerprint density at radius 3 is 2.84 bits per heavy atom. The highest BCUT2D eigenvalue weighted by Gasteiger charge is 2.32. The SMILES string of the molecule is CC(C)C(=O)C1CCNN1Cc1ccc(F)cc1F. The molecule has 0 aliphatic carbocycles. The van der Waals surface area contributed by atoms with Crippen molar-refractivity contribution in [2.75, 3.05) is 6.54 Å². The number of nitrogens with one attached hydrogen (secondary N) is 1. The van der Waals surface area contributed by atoms with E-state index < -0.39 is 11.6 Å². The lowest BCUT2D eigenvalue weighted by molar-refractivity contribution is -0.127. The summed E-state index contributed by atoms with van der Waals surface area (Å²) in [7, 11) is 0. The Kier molecular flexibility index (Phi) is 4.27.